The summed E-state index contributed by atoms with van der Waals surface area (Å²) in [6.45, 7) is 5.99. The number of fused-ring (bicyclic) bond motifs is 1. The molecule has 4 rings (SSSR count). The van der Waals surface area contributed by atoms with E-state index < -0.39 is 0 Å². The van der Waals surface area contributed by atoms with Gasteiger partial charge in [-0.3, -0.25) is 19.5 Å². The number of carbonyl (C=O) groups excluding carboxylic acids is 1. The number of benzene rings is 1. The Bertz CT molecular complexity index is 1300. The molecule has 8 heteroatoms. The first kappa shape index (κ1) is 24.3. The quantitative estimate of drug-likeness (QED) is 0.359. The largest absolute Gasteiger partial charge is 0.468 e. The number of aromatic nitrogens is 3. The molecular formula is C27H31N5O3. The van der Waals surface area contributed by atoms with Gasteiger partial charge in [-0.15, -0.1) is 0 Å². The Balaban J connectivity index is 1.45. The molecule has 1 amide bonds. The Morgan fingerprint density at radius 1 is 1.14 bits per heavy atom. The fraction of sp³-hybridized carbons (Fsp3) is 0.333. The van der Waals surface area contributed by atoms with Crippen molar-refractivity contribution in [3.63, 3.8) is 0 Å². The summed E-state index contributed by atoms with van der Waals surface area (Å²) in [5.74, 6) is 0.647. The van der Waals surface area contributed by atoms with Crippen molar-refractivity contribution in [2.45, 2.75) is 45.8 Å². The Hall–Kier alpha value is -3.78. The van der Waals surface area contributed by atoms with E-state index in [2.05, 4.69) is 34.1 Å². The molecule has 0 radical (unpaired) electrons. The summed E-state index contributed by atoms with van der Waals surface area (Å²) in [5.41, 5.74) is 1.45. The topological polar surface area (TPSA) is 93.3 Å². The molecule has 1 N–H and O–H groups in total. The van der Waals surface area contributed by atoms with Crippen LogP contribution in [0.1, 0.15) is 37.3 Å². The third kappa shape index (κ3) is 6.22. The number of hydrogen-bond donors (Lipinski definition) is 1. The molecule has 0 bridgehead atoms. The lowest BCUT2D eigenvalue weighted by Gasteiger charge is -2.27. The SMILES string of the molecule is CC[C@@H](C)N(CCNC(=O)Cn1nc(Cc2cccnc2)c2ccccc2c1=O)Cc1ccco1. The van der Waals surface area contributed by atoms with Gasteiger partial charge >= 0.3 is 0 Å². The average molecular weight is 474 g/mol. The van der Waals surface area contributed by atoms with Gasteiger partial charge in [0.1, 0.15) is 12.3 Å². The molecule has 182 valence electrons. The van der Waals surface area contributed by atoms with Crippen LogP contribution >= 0.6 is 0 Å². The van der Waals surface area contributed by atoms with Crippen molar-refractivity contribution in [1.29, 1.82) is 0 Å². The van der Waals surface area contributed by atoms with Crippen LogP contribution < -0.4 is 10.9 Å². The van der Waals surface area contributed by atoms with Gasteiger partial charge in [-0.2, -0.15) is 5.10 Å². The Labute approximate surface area is 204 Å². The summed E-state index contributed by atoms with van der Waals surface area (Å²) in [4.78, 5) is 32.2. The van der Waals surface area contributed by atoms with Gasteiger partial charge in [0.05, 0.1) is 23.9 Å². The fourth-order valence-corrected chi connectivity index (χ4v) is 4.09. The molecule has 1 atom stereocenters. The predicted molar refractivity (Wildman–Crippen MR) is 135 cm³/mol. The van der Waals surface area contributed by atoms with E-state index in [-0.39, 0.29) is 18.0 Å². The molecule has 0 aliphatic rings. The number of pyridine rings is 1. The van der Waals surface area contributed by atoms with E-state index in [0.717, 1.165) is 28.8 Å². The minimum absolute atomic E-state index is 0.134. The second-order valence-electron chi connectivity index (χ2n) is 8.65. The molecule has 3 heterocycles. The lowest BCUT2D eigenvalue weighted by atomic mass is 10.1. The van der Waals surface area contributed by atoms with Crippen molar-refractivity contribution in [2.24, 2.45) is 0 Å². The van der Waals surface area contributed by atoms with Gasteiger partial charge in [0, 0.05) is 43.3 Å². The molecule has 0 unspecified atom stereocenters. The minimum Gasteiger partial charge on any atom is -0.468 e. The van der Waals surface area contributed by atoms with Crippen molar-refractivity contribution in [3.05, 3.63) is 94.6 Å². The molecule has 0 spiro atoms. The van der Waals surface area contributed by atoms with Crippen molar-refractivity contribution in [1.82, 2.24) is 25.0 Å². The first-order valence-corrected chi connectivity index (χ1v) is 12.0. The van der Waals surface area contributed by atoms with Crippen LogP contribution in [-0.4, -0.2) is 44.7 Å². The summed E-state index contributed by atoms with van der Waals surface area (Å²) >= 11 is 0. The van der Waals surface area contributed by atoms with Crippen molar-refractivity contribution >= 4 is 16.7 Å². The first-order valence-electron chi connectivity index (χ1n) is 12.0. The van der Waals surface area contributed by atoms with E-state index in [0.29, 0.717) is 37.5 Å². The zero-order chi connectivity index (χ0) is 24.6. The second-order valence-corrected chi connectivity index (χ2v) is 8.65. The van der Waals surface area contributed by atoms with E-state index in [1.165, 1.54) is 4.68 Å². The van der Waals surface area contributed by atoms with E-state index >= 15 is 0 Å². The third-order valence-electron chi connectivity index (χ3n) is 6.21. The van der Waals surface area contributed by atoms with E-state index in [1.807, 2.05) is 42.5 Å². The number of rotatable bonds is 11. The van der Waals surface area contributed by atoms with Crippen molar-refractivity contribution < 1.29 is 9.21 Å². The zero-order valence-electron chi connectivity index (χ0n) is 20.2. The van der Waals surface area contributed by atoms with E-state index in [9.17, 15) is 9.59 Å². The molecule has 1 aromatic carbocycles. The molecule has 4 aromatic rings. The highest BCUT2D eigenvalue weighted by Gasteiger charge is 2.16. The van der Waals surface area contributed by atoms with Crippen LogP contribution in [-0.2, 0) is 24.3 Å². The van der Waals surface area contributed by atoms with Gasteiger partial charge < -0.3 is 9.73 Å². The molecular weight excluding hydrogens is 442 g/mol. The summed E-state index contributed by atoms with van der Waals surface area (Å²) in [6.07, 6.45) is 6.68. The molecule has 0 aliphatic heterocycles. The second kappa shape index (κ2) is 11.6. The Kier molecular flexibility index (Phi) is 8.05. The van der Waals surface area contributed by atoms with Crippen LogP contribution in [0.25, 0.3) is 10.8 Å². The molecule has 35 heavy (non-hydrogen) atoms. The highest BCUT2D eigenvalue weighted by molar-refractivity contribution is 5.84. The van der Waals surface area contributed by atoms with E-state index in [4.69, 9.17) is 4.42 Å². The number of furan rings is 1. The first-order chi connectivity index (χ1) is 17.0. The highest BCUT2D eigenvalue weighted by Crippen LogP contribution is 2.16. The van der Waals surface area contributed by atoms with Gasteiger partial charge in [-0.1, -0.05) is 31.2 Å². The van der Waals surface area contributed by atoms with Crippen molar-refractivity contribution in [2.75, 3.05) is 13.1 Å². The Morgan fingerprint density at radius 2 is 1.97 bits per heavy atom. The average Bonchev–Trinajstić information content (AvgIpc) is 3.39. The normalized spacial score (nSPS) is 12.2. The monoisotopic (exact) mass is 473 g/mol. The molecule has 3 aromatic heterocycles. The van der Waals surface area contributed by atoms with Crippen LogP contribution in [0.5, 0.6) is 0 Å². The number of hydrogen-bond acceptors (Lipinski definition) is 6. The van der Waals surface area contributed by atoms with Gasteiger partial charge in [-0.25, -0.2) is 4.68 Å². The number of nitrogens with zero attached hydrogens (tertiary/aromatic N) is 4. The minimum atomic E-state index is -0.273. The molecule has 8 nitrogen and oxygen atoms in total. The number of nitrogens with one attached hydrogen (secondary N) is 1. The van der Waals surface area contributed by atoms with Crippen LogP contribution in [0.4, 0.5) is 0 Å². The van der Waals surface area contributed by atoms with Crippen LogP contribution in [0, 0.1) is 0 Å². The standard InChI is InChI=1S/C27H31N5O3/c1-3-20(2)31(18-22-9-7-15-35-22)14-13-29-26(33)19-32-27(34)24-11-5-4-10-23(24)25(30-32)16-21-8-6-12-28-17-21/h4-12,15,17,20H,3,13-14,16,18-19H2,1-2H3,(H,29,33)/t20-/m1/s1. The molecule has 0 saturated carbocycles. The summed E-state index contributed by atoms with van der Waals surface area (Å²) in [5, 5.41) is 8.85. The lowest BCUT2D eigenvalue weighted by molar-refractivity contribution is -0.122. The fourth-order valence-electron chi connectivity index (χ4n) is 4.09. The maximum absolute atomic E-state index is 13.0. The number of carbonyl (C=O) groups is 1. The third-order valence-corrected chi connectivity index (χ3v) is 6.21. The maximum Gasteiger partial charge on any atom is 0.275 e. The summed E-state index contributed by atoms with van der Waals surface area (Å²) < 4.78 is 6.75. The predicted octanol–water partition coefficient (Wildman–Crippen LogP) is 3.39. The number of amides is 1. The zero-order valence-corrected chi connectivity index (χ0v) is 20.2. The Morgan fingerprint density at radius 3 is 2.69 bits per heavy atom. The highest BCUT2D eigenvalue weighted by atomic mass is 16.3. The molecule has 0 saturated heterocycles. The van der Waals surface area contributed by atoms with Crippen LogP contribution in [0.3, 0.4) is 0 Å². The molecule has 0 fully saturated rings. The smallest absolute Gasteiger partial charge is 0.275 e. The van der Waals surface area contributed by atoms with Crippen LogP contribution in [0.15, 0.2) is 76.4 Å². The van der Waals surface area contributed by atoms with Gasteiger partial charge in [0.25, 0.3) is 5.56 Å². The van der Waals surface area contributed by atoms with Gasteiger partial charge in [-0.05, 0) is 43.2 Å². The molecule has 0 aliphatic carbocycles. The van der Waals surface area contributed by atoms with Crippen molar-refractivity contribution in [3.8, 4) is 0 Å². The maximum atomic E-state index is 13.0. The van der Waals surface area contributed by atoms with E-state index in [1.54, 1.807) is 24.7 Å². The van der Waals surface area contributed by atoms with Crippen LogP contribution in [0.2, 0.25) is 0 Å². The summed E-state index contributed by atoms with van der Waals surface area (Å²) in [7, 11) is 0. The van der Waals surface area contributed by atoms with Gasteiger partial charge in [0.2, 0.25) is 5.91 Å². The summed E-state index contributed by atoms with van der Waals surface area (Å²) in [6, 6.07) is 15.4. The lowest BCUT2D eigenvalue weighted by Crippen LogP contribution is -2.41. The van der Waals surface area contributed by atoms with Gasteiger partial charge in [0.15, 0.2) is 0 Å².